The van der Waals surface area contributed by atoms with Crippen molar-refractivity contribution < 1.29 is 43.1 Å². The molecule has 0 aromatic rings. The molecule has 216 valence electrons. The van der Waals surface area contributed by atoms with Crippen molar-refractivity contribution in [2.45, 2.75) is 77.6 Å². The lowest BCUT2D eigenvalue weighted by Gasteiger charge is -2.08. The summed E-state index contributed by atoms with van der Waals surface area (Å²) in [6.07, 6.45) is 13.4. The van der Waals surface area contributed by atoms with Crippen LogP contribution in [0.3, 0.4) is 0 Å². The Morgan fingerprint density at radius 2 is 0.694 bits per heavy atom. The van der Waals surface area contributed by atoms with Crippen LogP contribution >= 0.6 is 0 Å². The number of carboxylic acids is 1. The van der Waals surface area contributed by atoms with Gasteiger partial charge in [0, 0.05) is 6.61 Å². The fourth-order valence-electron chi connectivity index (χ4n) is 3.27. The molecule has 0 unspecified atom stereocenters. The van der Waals surface area contributed by atoms with Crippen molar-refractivity contribution >= 4 is 5.97 Å². The summed E-state index contributed by atoms with van der Waals surface area (Å²) in [6, 6.07) is 0. The molecule has 0 spiro atoms. The van der Waals surface area contributed by atoms with Gasteiger partial charge in [-0.15, -0.1) is 0 Å². The van der Waals surface area contributed by atoms with Crippen LogP contribution in [0, 0.1) is 0 Å². The topological polar surface area (TPSA) is 102 Å². The summed E-state index contributed by atoms with van der Waals surface area (Å²) >= 11 is 0. The van der Waals surface area contributed by atoms with Crippen molar-refractivity contribution in [3.05, 3.63) is 0 Å². The van der Waals surface area contributed by atoms with Crippen molar-refractivity contribution in [3.63, 3.8) is 0 Å². The molecule has 0 aromatic carbocycles. The summed E-state index contributed by atoms with van der Waals surface area (Å²) in [4.78, 5) is 10.3. The maximum atomic E-state index is 10.3. The van der Waals surface area contributed by atoms with Gasteiger partial charge in [-0.3, -0.25) is 4.79 Å². The maximum Gasteiger partial charge on any atom is 0.305 e. The molecule has 0 heterocycles. The minimum absolute atomic E-state index is 0.0108. The highest BCUT2D eigenvalue weighted by Crippen LogP contribution is 2.10. The number of hydrogen-bond donors (Lipinski definition) is 1. The molecule has 0 aliphatic rings. The summed E-state index contributed by atoms with van der Waals surface area (Å²) < 4.78 is 37.9. The Hall–Kier alpha value is -0.810. The zero-order valence-corrected chi connectivity index (χ0v) is 22.9. The van der Waals surface area contributed by atoms with Crippen molar-refractivity contribution in [1.82, 2.24) is 0 Å². The number of unbranched alkanes of at least 4 members (excludes halogenated alkanes) is 9. The largest absolute Gasteiger partial charge is 0.481 e. The zero-order chi connectivity index (χ0) is 26.2. The van der Waals surface area contributed by atoms with E-state index in [-0.39, 0.29) is 13.0 Å². The highest BCUT2D eigenvalue weighted by Gasteiger charge is 1.97. The minimum atomic E-state index is -0.863. The third-order valence-electron chi connectivity index (χ3n) is 5.33. The third-order valence-corrected chi connectivity index (χ3v) is 5.33. The van der Waals surface area contributed by atoms with Crippen LogP contribution in [-0.2, 0) is 38.0 Å². The van der Waals surface area contributed by atoms with Gasteiger partial charge in [0.1, 0.15) is 0 Å². The smallest absolute Gasteiger partial charge is 0.305 e. The van der Waals surface area contributed by atoms with Gasteiger partial charge in [-0.25, -0.2) is 0 Å². The average molecular weight is 523 g/mol. The van der Waals surface area contributed by atoms with E-state index in [0.717, 1.165) is 13.0 Å². The molecule has 9 heteroatoms. The molecule has 1 N–H and O–H groups in total. The van der Waals surface area contributed by atoms with Gasteiger partial charge in [0.15, 0.2) is 0 Å². The summed E-state index contributed by atoms with van der Waals surface area (Å²) in [7, 11) is 0. The third kappa shape index (κ3) is 33.2. The number of hydrogen-bond acceptors (Lipinski definition) is 8. The molecule has 0 saturated carbocycles. The van der Waals surface area contributed by atoms with Crippen LogP contribution in [-0.4, -0.2) is 104 Å². The number of aliphatic carboxylic acids is 1. The van der Waals surface area contributed by atoms with Crippen LogP contribution in [0.4, 0.5) is 0 Å². The Kier molecular flexibility index (Phi) is 31.5. The van der Waals surface area contributed by atoms with Crippen LogP contribution in [0.1, 0.15) is 77.6 Å². The lowest BCUT2D eigenvalue weighted by molar-refractivity contribution is -0.138. The first-order valence-electron chi connectivity index (χ1n) is 14.0. The van der Waals surface area contributed by atoms with Crippen LogP contribution in [0.2, 0.25) is 0 Å². The molecular formula is C27H54O9. The van der Waals surface area contributed by atoms with Gasteiger partial charge in [-0.2, -0.15) is 0 Å². The Morgan fingerprint density at radius 3 is 1.03 bits per heavy atom. The summed E-state index contributed by atoms with van der Waals surface area (Å²) in [5.41, 5.74) is 0. The van der Waals surface area contributed by atoms with E-state index in [1.807, 2.05) is 0 Å². The van der Waals surface area contributed by atoms with Gasteiger partial charge in [0.25, 0.3) is 0 Å². The first-order chi connectivity index (χ1) is 17.8. The molecule has 0 radical (unpaired) electrons. The number of carboxylic acid groups (broad SMARTS) is 1. The molecule has 0 aliphatic heterocycles. The van der Waals surface area contributed by atoms with Crippen molar-refractivity contribution in [2.75, 3.05) is 92.5 Å². The van der Waals surface area contributed by atoms with Gasteiger partial charge in [0.2, 0.25) is 0 Å². The standard InChI is InChI=1S/C27H54O9/c1-2-3-4-5-6-7-8-9-10-11-13-30-15-17-32-19-21-34-23-25-36-26-24-35-22-20-33-18-16-31-14-12-27(28)29/h2-26H2,1H3,(H,28,29). The minimum Gasteiger partial charge on any atom is -0.481 e. The second kappa shape index (κ2) is 32.2. The predicted octanol–water partition coefficient (Wildman–Crippen LogP) is 4.50. The van der Waals surface area contributed by atoms with Gasteiger partial charge < -0.3 is 38.3 Å². The monoisotopic (exact) mass is 522 g/mol. The lowest BCUT2D eigenvalue weighted by Crippen LogP contribution is -2.14. The first kappa shape index (κ1) is 35.2. The van der Waals surface area contributed by atoms with E-state index in [0.29, 0.717) is 79.3 Å². The Balaban J connectivity index is 3.02. The molecule has 0 fully saturated rings. The van der Waals surface area contributed by atoms with Crippen molar-refractivity contribution in [2.24, 2.45) is 0 Å². The van der Waals surface area contributed by atoms with E-state index in [4.69, 9.17) is 38.3 Å². The second-order valence-electron chi connectivity index (χ2n) is 8.61. The first-order valence-corrected chi connectivity index (χ1v) is 14.0. The van der Waals surface area contributed by atoms with E-state index in [1.54, 1.807) is 0 Å². The SMILES string of the molecule is CCCCCCCCCCCCOCCOCCOCCOCCOCCOCCOCCC(=O)O. The van der Waals surface area contributed by atoms with Gasteiger partial charge >= 0.3 is 5.97 Å². The highest BCUT2D eigenvalue weighted by atomic mass is 16.6. The number of rotatable bonds is 32. The van der Waals surface area contributed by atoms with Gasteiger partial charge in [-0.05, 0) is 6.42 Å². The Bertz CT molecular complexity index is 424. The molecule has 9 nitrogen and oxygen atoms in total. The molecule has 0 rings (SSSR count). The Labute approximate surface area is 219 Å². The van der Waals surface area contributed by atoms with E-state index in [9.17, 15) is 4.79 Å². The predicted molar refractivity (Wildman–Crippen MR) is 140 cm³/mol. The van der Waals surface area contributed by atoms with Gasteiger partial charge in [-0.1, -0.05) is 64.7 Å². The fourth-order valence-corrected chi connectivity index (χ4v) is 3.27. The second-order valence-corrected chi connectivity index (χ2v) is 8.61. The number of ether oxygens (including phenoxy) is 7. The van der Waals surface area contributed by atoms with Gasteiger partial charge in [0.05, 0.1) is 92.3 Å². The number of carbonyl (C=O) groups is 1. The van der Waals surface area contributed by atoms with Crippen molar-refractivity contribution in [3.8, 4) is 0 Å². The summed E-state index contributed by atoms with van der Waals surface area (Å²) in [5.74, 6) is -0.863. The molecule has 0 amide bonds. The van der Waals surface area contributed by atoms with Crippen LogP contribution in [0.5, 0.6) is 0 Å². The molecule has 0 bridgehead atoms. The highest BCUT2D eigenvalue weighted by molar-refractivity contribution is 5.66. The molecule has 0 saturated heterocycles. The molecule has 0 aromatic heterocycles. The zero-order valence-electron chi connectivity index (χ0n) is 22.9. The molecule has 36 heavy (non-hydrogen) atoms. The summed E-state index contributed by atoms with van der Waals surface area (Å²) in [5, 5.41) is 8.47. The van der Waals surface area contributed by atoms with Crippen LogP contribution in [0.25, 0.3) is 0 Å². The van der Waals surface area contributed by atoms with E-state index < -0.39 is 5.97 Å². The molecule has 0 atom stereocenters. The molecule has 0 aliphatic carbocycles. The fraction of sp³-hybridized carbons (Fsp3) is 0.963. The quantitative estimate of drug-likeness (QED) is 0.128. The summed E-state index contributed by atoms with van der Waals surface area (Å²) in [6.45, 7) is 9.49. The van der Waals surface area contributed by atoms with Crippen molar-refractivity contribution in [1.29, 1.82) is 0 Å². The average Bonchev–Trinajstić information content (AvgIpc) is 2.87. The lowest BCUT2D eigenvalue weighted by atomic mass is 10.1. The van der Waals surface area contributed by atoms with E-state index >= 15 is 0 Å². The maximum absolute atomic E-state index is 10.3. The Morgan fingerprint density at radius 1 is 0.417 bits per heavy atom. The normalized spacial score (nSPS) is 11.4. The van der Waals surface area contributed by atoms with Crippen LogP contribution in [0.15, 0.2) is 0 Å². The van der Waals surface area contributed by atoms with E-state index in [1.165, 1.54) is 57.8 Å². The van der Waals surface area contributed by atoms with E-state index in [2.05, 4.69) is 6.92 Å². The van der Waals surface area contributed by atoms with Crippen LogP contribution < -0.4 is 0 Å². The molecular weight excluding hydrogens is 468 g/mol.